The fraction of sp³-hybridized carbons (Fsp3) is 0.250. The molecule has 0 aromatic carbocycles. The Bertz CT molecular complexity index is 95.7. The van der Waals surface area contributed by atoms with Crippen LogP contribution in [0.4, 0.5) is 0 Å². The standard InChI is InChI=1S/C4H5NS/c1-4-2-5-3-6-4/h2H,1,3H2. The molecule has 0 atom stereocenters. The maximum atomic E-state index is 3.90. The van der Waals surface area contributed by atoms with Crippen LogP contribution < -0.4 is 0 Å². The molecule has 0 aromatic rings. The van der Waals surface area contributed by atoms with Crippen LogP contribution in [-0.4, -0.2) is 12.1 Å². The summed E-state index contributed by atoms with van der Waals surface area (Å²) in [6.45, 7) is 3.67. The number of hydrogen-bond acceptors (Lipinski definition) is 2. The average molecular weight is 99.2 g/mol. The van der Waals surface area contributed by atoms with Gasteiger partial charge >= 0.3 is 0 Å². The van der Waals surface area contributed by atoms with Crippen LogP contribution in [0.3, 0.4) is 0 Å². The first kappa shape index (κ1) is 3.93. The second kappa shape index (κ2) is 1.47. The minimum Gasteiger partial charge on any atom is -0.281 e. The molecular weight excluding hydrogens is 94.1 g/mol. The molecule has 32 valence electrons. The summed E-state index contributed by atoms with van der Waals surface area (Å²) in [6.07, 6.45) is 1.80. The Hall–Kier alpha value is -0.240. The molecule has 0 saturated heterocycles. The highest BCUT2D eigenvalue weighted by Gasteiger charge is 1.93. The van der Waals surface area contributed by atoms with Crippen molar-refractivity contribution < 1.29 is 0 Å². The van der Waals surface area contributed by atoms with Crippen molar-refractivity contribution in [2.24, 2.45) is 4.99 Å². The van der Waals surface area contributed by atoms with E-state index in [1.807, 2.05) is 0 Å². The van der Waals surface area contributed by atoms with Gasteiger partial charge in [0.25, 0.3) is 0 Å². The summed E-state index contributed by atoms with van der Waals surface area (Å²) >= 11 is 1.68. The van der Waals surface area contributed by atoms with E-state index in [0.29, 0.717) is 0 Å². The summed E-state index contributed by atoms with van der Waals surface area (Å²) in [5.74, 6) is 0.874. The van der Waals surface area contributed by atoms with Crippen LogP contribution in [0.1, 0.15) is 0 Å². The number of nitrogens with zero attached hydrogens (tertiary/aromatic N) is 1. The summed E-state index contributed by atoms with van der Waals surface area (Å²) in [4.78, 5) is 4.98. The highest BCUT2D eigenvalue weighted by atomic mass is 32.2. The second-order valence-electron chi connectivity index (χ2n) is 1.05. The largest absolute Gasteiger partial charge is 0.281 e. The van der Waals surface area contributed by atoms with Crippen molar-refractivity contribution in [2.45, 2.75) is 0 Å². The van der Waals surface area contributed by atoms with Gasteiger partial charge in [-0.1, -0.05) is 6.58 Å². The van der Waals surface area contributed by atoms with Crippen LogP contribution in [0, 0.1) is 0 Å². The Morgan fingerprint density at radius 3 is 3.00 bits per heavy atom. The molecule has 1 aliphatic heterocycles. The summed E-state index contributed by atoms with van der Waals surface area (Å²) in [7, 11) is 0. The summed E-state index contributed by atoms with van der Waals surface area (Å²) in [5, 5.41) is 0. The first-order valence-electron chi connectivity index (χ1n) is 1.71. The normalized spacial score (nSPS) is 19.7. The topological polar surface area (TPSA) is 12.4 Å². The van der Waals surface area contributed by atoms with E-state index < -0.39 is 0 Å². The minimum atomic E-state index is 0.874. The SMILES string of the molecule is C=C1C=NCS1. The molecule has 1 rings (SSSR count). The van der Waals surface area contributed by atoms with Gasteiger partial charge in [0, 0.05) is 11.1 Å². The molecular formula is C4H5NS. The van der Waals surface area contributed by atoms with Gasteiger partial charge in [-0.2, -0.15) is 0 Å². The maximum absolute atomic E-state index is 3.90. The van der Waals surface area contributed by atoms with E-state index in [4.69, 9.17) is 0 Å². The van der Waals surface area contributed by atoms with E-state index in [0.717, 1.165) is 10.8 Å². The van der Waals surface area contributed by atoms with Crippen molar-refractivity contribution in [1.82, 2.24) is 0 Å². The number of hydrogen-bond donors (Lipinski definition) is 0. The third kappa shape index (κ3) is 0.627. The molecule has 0 radical (unpaired) electrons. The highest BCUT2D eigenvalue weighted by Crippen LogP contribution is 2.15. The van der Waals surface area contributed by atoms with Gasteiger partial charge in [0.2, 0.25) is 0 Å². The van der Waals surface area contributed by atoms with Gasteiger partial charge in [-0.05, 0) is 0 Å². The first-order chi connectivity index (χ1) is 2.89. The molecule has 0 saturated carbocycles. The zero-order valence-electron chi connectivity index (χ0n) is 3.35. The molecule has 0 N–H and O–H groups in total. The third-order valence-electron chi connectivity index (χ3n) is 0.560. The number of aliphatic imine (C=N–C) groups is 1. The average Bonchev–Trinajstić information content (AvgIpc) is 1.86. The summed E-state index contributed by atoms with van der Waals surface area (Å²) in [5.41, 5.74) is 0. The zero-order valence-corrected chi connectivity index (χ0v) is 4.16. The lowest BCUT2D eigenvalue weighted by atomic mass is 10.7. The van der Waals surface area contributed by atoms with Crippen molar-refractivity contribution >= 4 is 18.0 Å². The van der Waals surface area contributed by atoms with Crippen molar-refractivity contribution in [2.75, 3.05) is 5.88 Å². The fourth-order valence-corrected chi connectivity index (χ4v) is 0.760. The van der Waals surface area contributed by atoms with Crippen molar-refractivity contribution in [3.05, 3.63) is 11.5 Å². The van der Waals surface area contributed by atoms with Gasteiger partial charge in [-0.25, -0.2) is 0 Å². The molecule has 1 nitrogen and oxygen atoms in total. The molecule has 0 bridgehead atoms. The molecule has 2 heteroatoms. The Balaban J connectivity index is 2.59. The fourth-order valence-electron chi connectivity index (χ4n) is 0.297. The van der Waals surface area contributed by atoms with Crippen LogP contribution in [0.5, 0.6) is 0 Å². The molecule has 0 spiro atoms. The van der Waals surface area contributed by atoms with E-state index in [-0.39, 0.29) is 0 Å². The van der Waals surface area contributed by atoms with Crippen molar-refractivity contribution in [3.63, 3.8) is 0 Å². The lowest BCUT2D eigenvalue weighted by Gasteiger charge is -1.76. The van der Waals surface area contributed by atoms with Gasteiger partial charge in [-0.15, -0.1) is 11.8 Å². The quantitative estimate of drug-likeness (QED) is 0.445. The summed E-state index contributed by atoms with van der Waals surface area (Å²) < 4.78 is 0. The lowest BCUT2D eigenvalue weighted by Crippen LogP contribution is -1.58. The van der Waals surface area contributed by atoms with Gasteiger partial charge in [0.1, 0.15) is 0 Å². The van der Waals surface area contributed by atoms with Gasteiger partial charge in [0.05, 0.1) is 5.88 Å². The molecule has 0 aliphatic carbocycles. The Morgan fingerprint density at radius 2 is 2.83 bits per heavy atom. The van der Waals surface area contributed by atoms with E-state index in [9.17, 15) is 0 Å². The molecule has 6 heavy (non-hydrogen) atoms. The molecule has 0 unspecified atom stereocenters. The maximum Gasteiger partial charge on any atom is 0.0890 e. The van der Waals surface area contributed by atoms with Crippen LogP contribution in [0.15, 0.2) is 16.5 Å². The monoisotopic (exact) mass is 99.0 g/mol. The van der Waals surface area contributed by atoms with Crippen LogP contribution >= 0.6 is 11.8 Å². The number of allylic oxidation sites excluding steroid dienone is 1. The Labute approximate surface area is 41.2 Å². The number of rotatable bonds is 0. The molecule has 1 heterocycles. The third-order valence-corrected chi connectivity index (χ3v) is 1.31. The van der Waals surface area contributed by atoms with Crippen LogP contribution in [0.2, 0.25) is 0 Å². The van der Waals surface area contributed by atoms with Crippen LogP contribution in [-0.2, 0) is 0 Å². The minimum absolute atomic E-state index is 0.874. The molecule has 0 fully saturated rings. The molecule has 0 aromatic heterocycles. The number of thioether (sulfide) groups is 1. The predicted octanol–water partition coefficient (Wildman–Crippen LogP) is 1.28. The van der Waals surface area contributed by atoms with Crippen LogP contribution in [0.25, 0.3) is 0 Å². The molecule has 1 aliphatic rings. The zero-order chi connectivity index (χ0) is 4.41. The van der Waals surface area contributed by atoms with Crippen molar-refractivity contribution in [3.8, 4) is 0 Å². The smallest absolute Gasteiger partial charge is 0.0890 e. The van der Waals surface area contributed by atoms with Crippen molar-refractivity contribution in [1.29, 1.82) is 0 Å². The van der Waals surface area contributed by atoms with E-state index in [1.165, 1.54) is 0 Å². The van der Waals surface area contributed by atoms with E-state index >= 15 is 0 Å². The molecule has 0 amide bonds. The highest BCUT2D eigenvalue weighted by molar-refractivity contribution is 8.04. The first-order valence-corrected chi connectivity index (χ1v) is 2.70. The van der Waals surface area contributed by atoms with Gasteiger partial charge < -0.3 is 0 Å². The predicted molar refractivity (Wildman–Crippen MR) is 30.1 cm³/mol. The Kier molecular flexibility index (Phi) is 0.965. The lowest BCUT2D eigenvalue weighted by molar-refractivity contribution is 1.43. The van der Waals surface area contributed by atoms with Gasteiger partial charge in [0.15, 0.2) is 0 Å². The van der Waals surface area contributed by atoms with Gasteiger partial charge in [-0.3, -0.25) is 4.99 Å². The van der Waals surface area contributed by atoms with E-state index in [1.54, 1.807) is 18.0 Å². The summed E-state index contributed by atoms with van der Waals surface area (Å²) in [6, 6.07) is 0. The second-order valence-corrected chi connectivity index (χ2v) is 2.12. The Morgan fingerprint density at radius 1 is 2.00 bits per heavy atom. The van der Waals surface area contributed by atoms with E-state index in [2.05, 4.69) is 11.6 Å².